The van der Waals surface area contributed by atoms with Crippen molar-refractivity contribution < 1.29 is 14.8 Å². The highest BCUT2D eigenvalue weighted by Gasteiger charge is 2.20. The van der Waals surface area contributed by atoms with Crippen LogP contribution in [0.1, 0.15) is 15.9 Å². The van der Waals surface area contributed by atoms with Crippen molar-refractivity contribution in [1.29, 1.82) is 0 Å². The number of halogens is 1. The third-order valence-electron chi connectivity index (χ3n) is 4.66. The molecule has 0 aromatic heterocycles. The number of aromatic carboxylic acids is 1. The first-order valence-corrected chi connectivity index (χ1v) is 9.66. The standard InChI is InChI=1S/C19H19ClN4O4S/c20-17-11-14(3-6-16(17)18(25)26)21-19(29)23-9-7-22(8-10-23)12-13-1-4-15(5-2-13)24(27)28/h1-6,11H,7-10,12H2,(H,21,29)(H,25,26). The Morgan fingerprint density at radius 1 is 1.17 bits per heavy atom. The van der Waals surface area contributed by atoms with Gasteiger partial charge in [-0.1, -0.05) is 23.7 Å². The molecular formula is C19H19ClN4O4S. The van der Waals surface area contributed by atoms with Gasteiger partial charge in [-0.2, -0.15) is 0 Å². The van der Waals surface area contributed by atoms with Crippen LogP contribution in [-0.4, -0.2) is 57.1 Å². The normalized spacial score (nSPS) is 14.4. The van der Waals surface area contributed by atoms with Crippen molar-refractivity contribution >= 4 is 46.3 Å². The van der Waals surface area contributed by atoms with Gasteiger partial charge in [0.2, 0.25) is 0 Å². The molecular weight excluding hydrogens is 416 g/mol. The molecule has 2 aromatic carbocycles. The number of carboxylic acids is 1. The first-order chi connectivity index (χ1) is 13.8. The number of anilines is 1. The third-order valence-corrected chi connectivity index (χ3v) is 5.34. The number of non-ortho nitro benzene ring substituents is 1. The minimum atomic E-state index is -1.08. The number of carboxylic acid groups (broad SMARTS) is 1. The number of hydrogen-bond acceptors (Lipinski definition) is 5. The van der Waals surface area contributed by atoms with Crippen molar-refractivity contribution in [3.05, 3.63) is 68.7 Å². The number of carbonyl (C=O) groups is 1. The largest absolute Gasteiger partial charge is 0.478 e. The predicted molar refractivity (Wildman–Crippen MR) is 115 cm³/mol. The molecule has 0 amide bonds. The Morgan fingerprint density at radius 2 is 1.83 bits per heavy atom. The highest BCUT2D eigenvalue weighted by atomic mass is 35.5. The number of hydrogen-bond donors (Lipinski definition) is 2. The van der Waals surface area contributed by atoms with Crippen molar-refractivity contribution in [3.8, 4) is 0 Å². The van der Waals surface area contributed by atoms with E-state index in [-0.39, 0.29) is 16.3 Å². The van der Waals surface area contributed by atoms with Gasteiger partial charge >= 0.3 is 5.97 Å². The van der Waals surface area contributed by atoms with E-state index in [0.29, 0.717) is 10.8 Å². The van der Waals surface area contributed by atoms with Gasteiger partial charge < -0.3 is 15.3 Å². The molecule has 1 fully saturated rings. The molecule has 0 bridgehead atoms. The van der Waals surface area contributed by atoms with Crippen LogP contribution in [0.5, 0.6) is 0 Å². The number of nitro groups is 1. The van der Waals surface area contributed by atoms with Crippen molar-refractivity contribution in [2.45, 2.75) is 6.54 Å². The van der Waals surface area contributed by atoms with E-state index in [9.17, 15) is 14.9 Å². The minimum Gasteiger partial charge on any atom is -0.478 e. The first kappa shape index (κ1) is 21.0. The Balaban J connectivity index is 1.51. The minimum absolute atomic E-state index is 0.0444. The first-order valence-electron chi connectivity index (χ1n) is 8.88. The Morgan fingerprint density at radius 3 is 2.38 bits per heavy atom. The summed E-state index contributed by atoms with van der Waals surface area (Å²) < 4.78 is 0. The molecule has 0 saturated carbocycles. The van der Waals surface area contributed by atoms with Crippen LogP contribution >= 0.6 is 23.8 Å². The molecule has 2 N–H and O–H groups in total. The quantitative estimate of drug-likeness (QED) is 0.419. The summed E-state index contributed by atoms with van der Waals surface area (Å²) in [7, 11) is 0. The van der Waals surface area contributed by atoms with E-state index in [2.05, 4.69) is 10.2 Å². The van der Waals surface area contributed by atoms with Crippen LogP contribution < -0.4 is 5.32 Å². The van der Waals surface area contributed by atoms with Gasteiger partial charge in [0, 0.05) is 50.5 Å². The maximum absolute atomic E-state index is 11.0. The van der Waals surface area contributed by atoms with E-state index in [1.807, 2.05) is 4.90 Å². The van der Waals surface area contributed by atoms with E-state index in [1.165, 1.54) is 18.2 Å². The molecule has 0 unspecified atom stereocenters. The van der Waals surface area contributed by atoms with Crippen LogP contribution in [0.2, 0.25) is 5.02 Å². The lowest BCUT2D eigenvalue weighted by atomic mass is 10.2. The van der Waals surface area contributed by atoms with Crippen LogP contribution in [0.25, 0.3) is 0 Å². The summed E-state index contributed by atoms with van der Waals surface area (Å²) in [6, 6.07) is 11.2. The van der Waals surface area contributed by atoms with E-state index in [1.54, 1.807) is 24.3 Å². The lowest BCUT2D eigenvalue weighted by molar-refractivity contribution is -0.384. The van der Waals surface area contributed by atoms with Gasteiger partial charge in [0.25, 0.3) is 5.69 Å². The lowest BCUT2D eigenvalue weighted by Crippen LogP contribution is -2.49. The second kappa shape index (κ2) is 9.17. The molecule has 1 saturated heterocycles. The van der Waals surface area contributed by atoms with Crippen LogP contribution in [0.3, 0.4) is 0 Å². The Bertz CT molecular complexity index is 930. The number of nitrogens with zero attached hydrogens (tertiary/aromatic N) is 3. The molecule has 29 heavy (non-hydrogen) atoms. The van der Waals surface area contributed by atoms with Crippen LogP contribution in [0.4, 0.5) is 11.4 Å². The smallest absolute Gasteiger partial charge is 0.337 e. The van der Waals surface area contributed by atoms with Gasteiger partial charge in [-0.15, -0.1) is 0 Å². The molecule has 0 spiro atoms. The van der Waals surface area contributed by atoms with Crippen molar-refractivity contribution in [3.63, 3.8) is 0 Å². The van der Waals surface area contributed by atoms with Gasteiger partial charge in [-0.05, 0) is 36.0 Å². The predicted octanol–water partition coefficient (Wildman–Crippen LogP) is 3.46. The van der Waals surface area contributed by atoms with Gasteiger partial charge in [0.1, 0.15) is 0 Å². The molecule has 0 radical (unpaired) electrons. The zero-order valence-electron chi connectivity index (χ0n) is 15.4. The van der Waals surface area contributed by atoms with Crippen LogP contribution in [0.15, 0.2) is 42.5 Å². The highest BCUT2D eigenvalue weighted by Crippen LogP contribution is 2.22. The van der Waals surface area contributed by atoms with E-state index < -0.39 is 10.9 Å². The number of rotatable bonds is 5. The molecule has 3 rings (SSSR count). The summed E-state index contributed by atoms with van der Waals surface area (Å²) in [5.74, 6) is -1.08. The monoisotopic (exact) mass is 434 g/mol. The molecule has 2 aromatic rings. The number of piperazine rings is 1. The van der Waals surface area contributed by atoms with Gasteiger partial charge in [-0.3, -0.25) is 15.0 Å². The molecule has 0 atom stereocenters. The van der Waals surface area contributed by atoms with E-state index >= 15 is 0 Å². The Kier molecular flexibility index (Phi) is 6.63. The maximum atomic E-state index is 11.0. The fourth-order valence-corrected chi connectivity index (χ4v) is 3.62. The van der Waals surface area contributed by atoms with Crippen LogP contribution in [-0.2, 0) is 6.54 Å². The number of nitro benzene ring substituents is 1. The summed E-state index contributed by atoms with van der Waals surface area (Å²) in [5.41, 5.74) is 1.80. The number of nitrogens with one attached hydrogen (secondary N) is 1. The SMILES string of the molecule is O=C(O)c1ccc(NC(=S)N2CCN(Cc3ccc([N+](=O)[O-])cc3)CC2)cc1Cl. The zero-order valence-corrected chi connectivity index (χ0v) is 16.9. The summed E-state index contributed by atoms with van der Waals surface area (Å²) in [6.07, 6.45) is 0. The average Bonchev–Trinajstić information content (AvgIpc) is 2.68. The molecule has 0 aliphatic carbocycles. The molecule has 152 valence electrons. The van der Waals surface area contributed by atoms with E-state index in [0.717, 1.165) is 38.3 Å². The molecule has 1 aliphatic rings. The molecule has 1 aliphatic heterocycles. The third kappa shape index (κ3) is 5.41. The summed E-state index contributed by atoms with van der Waals surface area (Å²) in [5, 5.41) is 23.6. The summed E-state index contributed by atoms with van der Waals surface area (Å²) >= 11 is 11.5. The van der Waals surface area contributed by atoms with Gasteiger partial charge in [0.05, 0.1) is 15.5 Å². The fraction of sp³-hybridized carbons (Fsp3) is 0.263. The van der Waals surface area contributed by atoms with Gasteiger partial charge in [-0.25, -0.2) is 4.79 Å². The molecule has 8 nitrogen and oxygen atoms in total. The zero-order chi connectivity index (χ0) is 21.0. The maximum Gasteiger partial charge on any atom is 0.337 e. The van der Waals surface area contributed by atoms with Gasteiger partial charge in [0.15, 0.2) is 5.11 Å². The van der Waals surface area contributed by atoms with Crippen molar-refractivity contribution in [1.82, 2.24) is 9.80 Å². The average molecular weight is 435 g/mol. The van der Waals surface area contributed by atoms with E-state index in [4.69, 9.17) is 28.9 Å². The molecule has 1 heterocycles. The Hall–Kier alpha value is -2.75. The second-order valence-electron chi connectivity index (χ2n) is 6.62. The van der Waals surface area contributed by atoms with Crippen LogP contribution in [0, 0.1) is 10.1 Å². The number of benzene rings is 2. The molecule has 10 heteroatoms. The summed E-state index contributed by atoms with van der Waals surface area (Å²) in [6.45, 7) is 3.80. The van der Waals surface area contributed by atoms with Crippen molar-refractivity contribution in [2.75, 3.05) is 31.5 Å². The Labute approximate surface area is 177 Å². The topological polar surface area (TPSA) is 99.0 Å². The highest BCUT2D eigenvalue weighted by molar-refractivity contribution is 7.80. The second-order valence-corrected chi connectivity index (χ2v) is 7.41. The number of thiocarbonyl (C=S) groups is 1. The lowest BCUT2D eigenvalue weighted by Gasteiger charge is -2.36. The fourth-order valence-electron chi connectivity index (χ4n) is 3.06. The van der Waals surface area contributed by atoms with Crippen molar-refractivity contribution in [2.24, 2.45) is 0 Å². The summed E-state index contributed by atoms with van der Waals surface area (Å²) in [4.78, 5) is 25.7.